The summed E-state index contributed by atoms with van der Waals surface area (Å²) in [5.41, 5.74) is 2.35. The van der Waals surface area contributed by atoms with Crippen LogP contribution in [0, 0.1) is 0 Å². The quantitative estimate of drug-likeness (QED) is 0.381. The third-order valence-electron chi connectivity index (χ3n) is 4.04. The number of guanidine groups is 1. The highest BCUT2D eigenvalue weighted by Crippen LogP contribution is 2.17. The van der Waals surface area contributed by atoms with Gasteiger partial charge in [0.05, 0.1) is 6.54 Å². The van der Waals surface area contributed by atoms with Crippen LogP contribution in [0.3, 0.4) is 0 Å². The molecule has 2 rings (SSSR count). The van der Waals surface area contributed by atoms with Crippen LogP contribution in [0.1, 0.15) is 12.0 Å². The molecule has 144 valence electrons. The van der Waals surface area contributed by atoms with Crippen LogP contribution in [0.25, 0.3) is 10.9 Å². The zero-order chi connectivity index (χ0) is 19.0. The molecule has 0 radical (unpaired) electrons. The molecule has 0 spiro atoms. The van der Waals surface area contributed by atoms with Gasteiger partial charge in [-0.15, -0.1) is 0 Å². The molecule has 1 aromatic heterocycles. The van der Waals surface area contributed by atoms with Gasteiger partial charge in [0.15, 0.2) is 5.96 Å². The van der Waals surface area contributed by atoms with Crippen LogP contribution < -0.4 is 10.6 Å². The van der Waals surface area contributed by atoms with Crippen molar-refractivity contribution in [1.82, 2.24) is 20.5 Å². The van der Waals surface area contributed by atoms with E-state index in [9.17, 15) is 13.2 Å². The van der Waals surface area contributed by atoms with Crippen LogP contribution in [-0.2, 0) is 6.42 Å². The van der Waals surface area contributed by atoms with Crippen molar-refractivity contribution in [2.45, 2.75) is 19.0 Å². The topological polar surface area (TPSA) is 55.5 Å². The summed E-state index contributed by atoms with van der Waals surface area (Å²) in [6.45, 7) is 0.772. The molecule has 0 aliphatic rings. The number of fused-ring (bicyclic) bond motifs is 1. The summed E-state index contributed by atoms with van der Waals surface area (Å²) in [7, 11) is 3.15. The maximum atomic E-state index is 12.3. The van der Waals surface area contributed by atoms with Crippen molar-refractivity contribution in [3.8, 4) is 0 Å². The molecule has 0 saturated carbocycles. The first-order valence-corrected chi connectivity index (χ1v) is 8.64. The summed E-state index contributed by atoms with van der Waals surface area (Å²) in [5.74, 6) is 0.656. The fourth-order valence-electron chi connectivity index (χ4n) is 2.82. The van der Waals surface area contributed by atoms with Gasteiger partial charge in [0.25, 0.3) is 0 Å². The van der Waals surface area contributed by atoms with Crippen molar-refractivity contribution in [3.05, 3.63) is 36.0 Å². The second kappa shape index (κ2) is 9.47. The number of hydrogen-bond acceptors (Lipinski definition) is 2. The molecule has 0 aliphatic carbocycles. The normalized spacial score (nSPS) is 12.8. The molecular formula is C18H26F3N5. The Morgan fingerprint density at radius 1 is 1.19 bits per heavy atom. The number of aliphatic imine (C=N–C) groups is 1. The number of nitrogens with zero attached hydrogens (tertiary/aromatic N) is 2. The number of hydrogen-bond donors (Lipinski definition) is 3. The van der Waals surface area contributed by atoms with Gasteiger partial charge in [-0.2, -0.15) is 13.2 Å². The minimum atomic E-state index is -4.15. The van der Waals surface area contributed by atoms with Crippen LogP contribution in [0.4, 0.5) is 13.2 Å². The molecule has 0 amide bonds. The molecule has 0 saturated heterocycles. The Morgan fingerprint density at radius 2 is 1.92 bits per heavy atom. The summed E-state index contributed by atoms with van der Waals surface area (Å²) >= 11 is 0. The highest BCUT2D eigenvalue weighted by molar-refractivity contribution is 5.83. The molecule has 26 heavy (non-hydrogen) atoms. The number of halogens is 3. The molecule has 0 fully saturated rings. The predicted octanol–water partition coefficient (Wildman–Crippen LogP) is 2.76. The number of alkyl halides is 3. The van der Waals surface area contributed by atoms with Gasteiger partial charge < -0.3 is 15.6 Å². The van der Waals surface area contributed by atoms with E-state index >= 15 is 0 Å². The Labute approximate surface area is 151 Å². The first kappa shape index (κ1) is 20.1. The molecule has 0 atom stereocenters. The SMILES string of the molecule is CN=C(NCCCN(C)CC(F)(F)F)NCCc1c[nH]c2ccccc12. The van der Waals surface area contributed by atoms with Crippen LogP contribution >= 0.6 is 0 Å². The molecule has 1 aromatic carbocycles. The number of aromatic amines is 1. The van der Waals surface area contributed by atoms with Crippen LogP contribution in [0.15, 0.2) is 35.5 Å². The van der Waals surface area contributed by atoms with Crippen molar-refractivity contribution >= 4 is 16.9 Å². The van der Waals surface area contributed by atoms with E-state index in [1.165, 1.54) is 22.9 Å². The molecule has 5 nitrogen and oxygen atoms in total. The van der Waals surface area contributed by atoms with Crippen molar-refractivity contribution < 1.29 is 13.2 Å². The maximum absolute atomic E-state index is 12.3. The summed E-state index contributed by atoms with van der Waals surface area (Å²) in [4.78, 5) is 8.66. The van der Waals surface area contributed by atoms with E-state index in [0.717, 1.165) is 18.5 Å². The lowest BCUT2D eigenvalue weighted by Crippen LogP contribution is -2.40. The summed E-state index contributed by atoms with van der Waals surface area (Å²) in [5, 5.41) is 7.57. The fourth-order valence-corrected chi connectivity index (χ4v) is 2.82. The molecule has 1 heterocycles. The largest absolute Gasteiger partial charge is 0.401 e. The van der Waals surface area contributed by atoms with E-state index in [1.807, 2.05) is 24.4 Å². The maximum Gasteiger partial charge on any atom is 0.401 e. The molecular weight excluding hydrogens is 343 g/mol. The van der Waals surface area contributed by atoms with Gasteiger partial charge in [0.2, 0.25) is 0 Å². The summed E-state index contributed by atoms with van der Waals surface area (Å²) < 4.78 is 36.8. The molecule has 0 aliphatic heterocycles. The highest BCUT2D eigenvalue weighted by Gasteiger charge is 2.28. The Kier molecular flexibility index (Phi) is 7.32. The monoisotopic (exact) mass is 369 g/mol. The van der Waals surface area contributed by atoms with Gasteiger partial charge in [-0.1, -0.05) is 18.2 Å². The lowest BCUT2D eigenvalue weighted by molar-refractivity contribution is -0.143. The summed E-state index contributed by atoms with van der Waals surface area (Å²) in [6.07, 6.45) is -0.685. The van der Waals surface area contributed by atoms with Crippen molar-refractivity contribution in [2.24, 2.45) is 4.99 Å². The first-order valence-electron chi connectivity index (χ1n) is 8.64. The number of nitrogens with one attached hydrogen (secondary N) is 3. The predicted molar refractivity (Wildman–Crippen MR) is 99.5 cm³/mol. The van der Waals surface area contributed by atoms with Crippen LogP contribution in [0.2, 0.25) is 0 Å². The Balaban J connectivity index is 1.67. The lowest BCUT2D eigenvalue weighted by Gasteiger charge is -2.18. The Bertz CT molecular complexity index is 708. The lowest BCUT2D eigenvalue weighted by atomic mass is 10.1. The van der Waals surface area contributed by atoms with E-state index in [0.29, 0.717) is 25.5 Å². The van der Waals surface area contributed by atoms with Crippen LogP contribution in [0.5, 0.6) is 0 Å². The Morgan fingerprint density at radius 3 is 2.65 bits per heavy atom. The van der Waals surface area contributed by atoms with Crippen molar-refractivity contribution in [2.75, 3.05) is 40.3 Å². The van der Waals surface area contributed by atoms with Gasteiger partial charge >= 0.3 is 6.18 Å². The van der Waals surface area contributed by atoms with E-state index < -0.39 is 12.7 Å². The third kappa shape index (κ3) is 6.59. The number of rotatable bonds is 8. The van der Waals surface area contributed by atoms with Gasteiger partial charge in [-0.05, 0) is 38.1 Å². The standard InChI is InChI=1S/C18H26F3N5/c1-22-17(23-9-5-11-26(2)13-18(19,20)21)24-10-8-14-12-25-16-7-4-3-6-15(14)16/h3-4,6-7,12,25H,5,8-11,13H2,1-2H3,(H2,22,23,24). The van der Waals surface area contributed by atoms with E-state index in [-0.39, 0.29) is 0 Å². The summed E-state index contributed by atoms with van der Waals surface area (Å²) in [6, 6.07) is 8.15. The van der Waals surface area contributed by atoms with E-state index in [4.69, 9.17) is 0 Å². The Hall–Kier alpha value is -2.22. The number of para-hydroxylation sites is 1. The second-order valence-electron chi connectivity index (χ2n) is 6.24. The molecule has 3 N–H and O–H groups in total. The molecule has 2 aromatic rings. The van der Waals surface area contributed by atoms with E-state index in [2.05, 4.69) is 26.7 Å². The van der Waals surface area contributed by atoms with Gasteiger partial charge in [0, 0.05) is 37.2 Å². The third-order valence-corrected chi connectivity index (χ3v) is 4.04. The minimum absolute atomic E-state index is 0.374. The zero-order valence-electron chi connectivity index (χ0n) is 15.2. The van der Waals surface area contributed by atoms with Gasteiger partial charge in [-0.3, -0.25) is 9.89 Å². The zero-order valence-corrected chi connectivity index (χ0v) is 15.2. The average Bonchev–Trinajstić information content (AvgIpc) is 2.99. The van der Waals surface area contributed by atoms with Crippen LogP contribution in [-0.4, -0.2) is 62.3 Å². The first-order chi connectivity index (χ1) is 12.4. The minimum Gasteiger partial charge on any atom is -0.361 e. The van der Waals surface area contributed by atoms with Gasteiger partial charge in [-0.25, -0.2) is 0 Å². The van der Waals surface area contributed by atoms with Crippen molar-refractivity contribution in [3.63, 3.8) is 0 Å². The second-order valence-corrected chi connectivity index (χ2v) is 6.24. The smallest absolute Gasteiger partial charge is 0.361 e. The molecule has 0 unspecified atom stereocenters. The molecule has 0 bridgehead atoms. The van der Waals surface area contributed by atoms with Gasteiger partial charge in [0.1, 0.15) is 0 Å². The highest BCUT2D eigenvalue weighted by atomic mass is 19.4. The number of benzene rings is 1. The average molecular weight is 369 g/mol. The molecule has 8 heteroatoms. The number of H-pyrrole nitrogens is 1. The fraction of sp³-hybridized carbons (Fsp3) is 0.500. The number of aromatic nitrogens is 1. The van der Waals surface area contributed by atoms with E-state index in [1.54, 1.807) is 7.05 Å². The van der Waals surface area contributed by atoms with Crippen molar-refractivity contribution in [1.29, 1.82) is 0 Å².